The fourth-order valence-electron chi connectivity index (χ4n) is 3.63. The molecule has 2 saturated heterocycles. The summed E-state index contributed by atoms with van der Waals surface area (Å²) in [5.74, 6) is -0.360. The van der Waals surface area contributed by atoms with Crippen LogP contribution in [0.15, 0.2) is 4.52 Å². The SMILES string of the molecule is Cc1noc(C)c1CC(=O)N1CCC(N2CC(=O)N(CC(F)(F)F)C2=O)CC1. The molecule has 28 heavy (non-hydrogen) atoms. The maximum Gasteiger partial charge on any atom is 0.406 e. The van der Waals surface area contributed by atoms with Crippen molar-refractivity contribution in [3.05, 3.63) is 17.0 Å². The Bertz CT molecular complexity index is 764. The summed E-state index contributed by atoms with van der Waals surface area (Å²) in [7, 11) is 0. The van der Waals surface area contributed by atoms with Crippen LogP contribution in [0.5, 0.6) is 0 Å². The van der Waals surface area contributed by atoms with Crippen molar-refractivity contribution in [3.8, 4) is 0 Å². The molecule has 1 aromatic heterocycles. The first-order chi connectivity index (χ1) is 13.1. The lowest BCUT2D eigenvalue weighted by Gasteiger charge is -2.36. The molecule has 0 radical (unpaired) electrons. The lowest BCUT2D eigenvalue weighted by atomic mass is 10.0. The molecule has 1 aromatic rings. The van der Waals surface area contributed by atoms with E-state index in [0.29, 0.717) is 37.4 Å². The largest absolute Gasteiger partial charge is 0.406 e. The van der Waals surface area contributed by atoms with Gasteiger partial charge in [-0.3, -0.25) is 14.5 Å². The Morgan fingerprint density at radius 2 is 1.86 bits per heavy atom. The molecule has 154 valence electrons. The highest BCUT2D eigenvalue weighted by molar-refractivity contribution is 6.02. The lowest BCUT2D eigenvalue weighted by Crippen LogP contribution is -2.49. The van der Waals surface area contributed by atoms with Crippen molar-refractivity contribution >= 4 is 17.8 Å². The van der Waals surface area contributed by atoms with Gasteiger partial charge in [-0.15, -0.1) is 0 Å². The van der Waals surface area contributed by atoms with Crippen LogP contribution >= 0.6 is 0 Å². The maximum atomic E-state index is 12.6. The first-order valence-electron chi connectivity index (χ1n) is 8.94. The molecule has 0 spiro atoms. The maximum absolute atomic E-state index is 12.6. The van der Waals surface area contributed by atoms with Gasteiger partial charge in [0.15, 0.2) is 0 Å². The smallest absolute Gasteiger partial charge is 0.361 e. The van der Waals surface area contributed by atoms with Gasteiger partial charge in [-0.1, -0.05) is 5.16 Å². The van der Waals surface area contributed by atoms with E-state index < -0.39 is 24.7 Å². The van der Waals surface area contributed by atoms with Gasteiger partial charge >= 0.3 is 12.2 Å². The molecule has 0 aromatic carbocycles. The van der Waals surface area contributed by atoms with E-state index in [9.17, 15) is 27.6 Å². The molecule has 2 aliphatic heterocycles. The molecule has 0 unspecified atom stereocenters. The third kappa shape index (κ3) is 4.12. The fraction of sp³-hybridized carbons (Fsp3) is 0.647. The molecule has 3 heterocycles. The minimum Gasteiger partial charge on any atom is -0.361 e. The fourth-order valence-corrected chi connectivity index (χ4v) is 3.63. The third-order valence-corrected chi connectivity index (χ3v) is 5.19. The number of alkyl halides is 3. The summed E-state index contributed by atoms with van der Waals surface area (Å²) in [6.07, 6.45) is -3.65. The number of likely N-dealkylation sites (tertiary alicyclic amines) is 1. The number of rotatable bonds is 4. The van der Waals surface area contributed by atoms with Crippen molar-refractivity contribution in [3.63, 3.8) is 0 Å². The van der Waals surface area contributed by atoms with E-state index in [1.165, 1.54) is 4.90 Å². The van der Waals surface area contributed by atoms with Gasteiger partial charge in [0.1, 0.15) is 18.8 Å². The van der Waals surface area contributed by atoms with E-state index in [1.54, 1.807) is 18.7 Å². The Kier molecular flexibility index (Phi) is 5.35. The molecule has 0 bridgehead atoms. The Morgan fingerprint density at radius 1 is 1.21 bits per heavy atom. The van der Waals surface area contributed by atoms with Crippen LogP contribution in [0.25, 0.3) is 0 Å². The van der Waals surface area contributed by atoms with Gasteiger partial charge in [0.05, 0.1) is 12.1 Å². The van der Waals surface area contributed by atoms with Crippen LogP contribution in [0, 0.1) is 13.8 Å². The van der Waals surface area contributed by atoms with E-state index in [2.05, 4.69) is 5.16 Å². The minimum absolute atomic E-state index is 0.102. The molecule has 0 aliphatic carbocycles. The number of nitrogens with zero attached hydrogens (tertiary/aromatic N) is 4. The Balaban J connectivity index is 1.56. The Hall–Kier alpha value is -2.59. The summed E-state index contributed by atoms with van der Waals surface area (Å²) in [5.41, 5.74) is 1.40. The number of amides is 4. The zero-order valence-electron chi connectivity index (χ0n) is 15.6. The van der Waals surface area contributed by atoms with E-state index >= 15 is 0 Å². The van der Waals surface area contributed by atoms with Crippen molar-refractivity contribution in [1.82, 2.24) is 19.9 Å². The number of imide groups is 1. The standard InChI is InChI=1S/C17H21F3N4O4/c1-10-13(11(2)28-21-10)7-14(25)22-5-3-12(4-6-22)23-8-15(26)24(16(23)27)9-17(18,19)20/h12H,3-9H2,1-2H3. The van der Waals surface area contributed by atoms with E-state index in [4.69, 9.17) is 4.52 Å². The number of hydrogen-bond donors (Lipinski definition) is 0. The number of aromatic nitrogens is 1. The van der Waals surface area contributed by atoms with E-state index in [0.717, 1.165) is 5.56 Å². The average Bonchev–Trinajstić information content (AvgIpc) is 3.08. The van der Waals surface area contributed by atoms with E-state index in [-0.39, 0.29) is 29.8 Å². The second-order valence-electron chi connectivity index (χ2n) is 7.10. The summed E-state index contributed by atoms with van der Waals surface area (Å²) in [6.45, 7) is 2.29. The van der Waals surface area contributed by atoms with Crippen molar-refractivity contribution in [2.75, 3.05) is 26.2 Å². The number of carbonyl (C=O) groups is 3. The second-order valence-corrected chi connectivity index (χ2v) is 7.10. The molecule has 8 nitrogen and oxygen atoms in total. The molecule has 4 amide bonds. The molecule has 0 atom stereocenters. The van der Waals surface area contributed by atoms with Gasteiger partial charge in [0, 0.05) is 24.7 Å². The topological polar surface area (TPSA) is 87.0 Å². The zero-order valence-corrected chi connectivity index (χ0v) is 15.6. The van der Waals surface area contributed by atoms with E-state index in [1.807, 2.05) is 0 Å². The zero-order chi connectivity index (χ0) is 20.6. The van der Waals surface area contributed by atoms with Crippen LogP contribution < -0.4 is 0 Å². The second kappa shape index (κ2) is 7.44. The van der Waals surface area contributed by atoms with Crippen molar-refractivity contribution in [2.24, 2.45) is 0 Å². The highest BCUT2D eigenvalue weighted by Gasteiger charge is 2.45. The number of aryl methyl sites for hydroxylation is 2. The quantitative estimate of drug-likeness (QED) is 0.715. The van der Waals surface area contributed by atoms with Gasteiger partial charge in [0.2, 0.25) is 5.91 Å². The normalized spacial score (nSPS) is 19.1. The molecule has 0 N–H and O–H groups in total. The van der Waals surface area contributed by atoms with Crippen LogP contribution in [0.1, 0.15) is 29.9 Å². The summed E-state index contributed by atoms with van der Waals surface area (Å²) >= 11 is 0. The van der Waals surface area contributed by atoms with Crippen LogP contribution in [0.4, 0.5) is 18.0 Å². The molecular formula is C17H21F3N4O4. The van der Waals surface area contributed by atoms with Crippen LogP contribution in [-0.2, 0) is 16.0 Å². The average molecular weight is 402 g/mol. The van der Waals surface area contributed by atoms with Gasteiger partial charge in [-0.25, -0.2) is 4.79 Å². The van der Waals surface area contributed by atoms with Crippen LogP contribution in [0.2, 0.25) is 0 Å². The van der Waals surface area contributed by atoms with Crippen molar-refractivity contribution in [2.45, 2.75) is 45.3 Å². The van der Waals surface area contributed by atoms with Gasteiger partial charge < -0.3 is 14.3 Å². The highest BCUT2D eigenvalue weighted by Crippen LogP contribution is 2.26. The number of hydrogen-bond acceptors (Lipinski definition) is 5. The number of urea groups is 1. The van der Waals surface area contributed by atoms with Crippen molar-refractivity contribution in [1.29, 1.82) is 0 Å². The van der Waals surface area contributed by atoms with Gasteiger partial charge in [0.25, 0.3) is 5.91 Å². The third-order valence-electron chi connectivity index (χ3n) is 5.19. The molecule has 0 saturated carbocycles. The molecule has 11 heteroatoms. The summed E-state index contributed by atoms with van der Waals surface area (Å²) in [6, 6.07) is -1.28. The predicted octanol–water partition coefficient (Wildman–Crippen LogP) is 1.65. The van der Waals surface area contributed by atoms with Crippen LogP contribution in [-0.4, -0.2) is 76.1 Å². The number of halogens is 3. The first kappa shape index (κ1) is 20.2. The van der Waals surface area contributed by atoms with Gasteiger partial charge in [-0.2, -0.15) is 13.2 Å². The summed E-state index contributed by atoms with van der Waals surface area (Å²) in [4.78, 5) is 39.6. The van der Waals surface area contributed by atoms with Gasteiger partial charge in [-0.05, 0) is 26.7 Å². The Labute approximate surface area is 159 Å². The highest BCUT2D eigenvalue weighted by atomic mass is 19.4. The molecule has 2 fully saturated rings. The number of piperidine rings is 1. The summed E-state index contributed by atoms with van der Waals surface area (Å²) in [5, 5.41) is 3.82. The number of carbonyl (C=O) groups excluding carboxylic acids is 3. The predicted molar refractivity (Wildman–Crippen MR) is 89.2 cm³/mol. The lowest BCUT2D eigenvalue weighted by molar-refractivity contribution is -0.151. The minimum atomic E-state index is -4.63. The molecule has 2 aliphatic rings. The monoisotopic (exact) mass is 402 g/mol. The molecule has 3 rings (SSSR count). The van der Waals surface area contributed by atoms with Crippen molar-refractivity contribution < 1.29 is 32.1 Å². The Morgan fingerprint density at radius 3 is 2.39 bits per heavy atom. The molecular weight excluding hydrogens is 381 g/mol. The first-order valence-corrected chi connectivity index (χ1v) is 8.94. The van der Waals surface area contributed by atoms with Crippen LogP contribution in [0.3, 0.4) is 0 Å². The summed E-state index contributed by atoms with van der Waals surface area (Å²) < 4.78 is 42.7.